The number of amides is 3. The van der Waals surface area contributed by atoms with Crippen molar-refractivity contribution in [3.8, 4) is 0 Å². The molecule has 2 bridgehead atoms. The zero-order chi connectivity index (χ0) is 14.3. The minimum absolute atomic E-state index is 0.169. The van der Waals surface area contributed by atoms with Crippen LogP contribution in [0, 0.1) is 35.5 Å². The number of likely N-dealkylation sites (tertiary alicyclic amines) is 1. The van der Waals surface area contributed by atoms with Gasteiger partial charge >= 0.3 is 0 Å². The number of hydrogen-bond acceptors (Lipinski definition) is 4. The van der Waals surface area contributed by atoms with E-state index < -0.39 is 5.91 Å². The highest BCUT2D eigenvalue weighted by Gasteiger charge is 2.67. The van der Waals surface area contributed by atoms with Gasteiger partial charge in [-0.1, -0.05) is 18.2 Å². The molecule has 1 saturated heterocycles. The molecule has 21 heavy (non-hydrogen) atoms. The number of carbonyl (C=O) groups excluding carboxylic acids is 3. The van der Waals surface area contributed by atoms with Crippen molar-refractivity contribution in [2.45, 2.75) is 6.42 Å². The predicted octanol–water partition coefficient (Wildman–Crippen LogP) is 1.94. The third kappa shape index (κ3) is 1.33. The topological polar surface area (TPSA) is 54.5 Å². The van der Waals surface area contributed by atoms with Gasteiger partial charge in [-0.2, -0.15) is 0 Å². The molecule has 2 heterocycles. The van der Waals surface area contributed by atoms with Gasteiger partial charge in [-0.25, -0.2) is 4.90 Å². The van der Waals surface area contributed by atoms with Crippen LogP contribution in [0.2, 0.25) is 0 Å². The fraction of sp³-hybridized carbons (Fsp3) is 0.438. The SMILES string of the molecule is O=C(c1cccs1)N1C(=O)[C@@H]2[C@H]3C=C[C@@H]([C@@H]4C[C@@H]34)[C@@H]2C1=O. The van der Waals surface area contributed by atoms with Crippen LogP contribution in [0.3, 0.4) is 0 Å². The quantitative estimate of drug-likeness (QED) is 0.588. The Bertz CT molecular complexity index is 671. The first-order valence-corrected chi connectivity index (χ1v) is 8.20. The van der Waals surface area contributed by atoms with Crippen molar-refractivity contribution >= 4 is 29.1 Å². The van der Waals surface area contributed by atoms with E-state index in [-0.39, 0.29) is 35.5 Å². The molecular weight excluding hydrogens is 286 g/mol. The van der Waals surface area contributed by atoms with Crippen molar-refractivity contribution in [1.29, 1.82) is 0 Å². The molecule has 6 rings (SSSR count). The van der Waals surface area contributed by atoms with Crippen LogP contribution in [0.1, 0.15) is 16.1 Å². The second-order valence-corrected chi connectivity index (χ2v) is 7.40. The fourth-order valence-corrected chi connectivity index (χ4v) is 5.32. The largest absolute Gasteiger partial charge is 0.277 e. The first-order chi connectivity index (χ1) is 10.2. The standard InChI is InChI=1S/C16H13NO3S/c18-14(11-2-1-5-21-11)17-15(19)12-7-3-4-8(10-6-9(7)10)13(12)16(17)20/h1-5,7-10,12-13H,6H2/t7-,8-,9-,10-,12-,13+/m0/s1. The van der Waals surface area contributed by atoms with Crippen LogP contribution < -0.4 is 0 Å². The van der Waals surface area contributed by atoms with E-state index in [2.05, 4.69) is 12.2 Å². The highest BCUT2D eigenvalue weighted by atomic mass is 32.1. The molecule has 5 aliphatic rings. The van der Waals surface area contributed by atoms with Gasteiger partial charge in [0.05, 0.1) is 16.7 Å². The molecule has 1 aliphatic heterocycles. The molecule has 6 atom stereocenters. The Morgan fingerprint density at radius 1 is 1.10 bits per heavy atom. The summed E-state index contributed by atoms with van der Waals surface area (Å²) in [5.41, 5.74) is 0. The molecule has 3 amide bonds. The molecule has 2 saturated carbocycles. The summed E-state index contributed by atoms with van der Waals surface area (Å²) >= 11 is 1.27. The van der Waals surface area contributed by atoms with E-state index >= 15 is 0 Å². The molecule has 0 unspecified atom stereocenters. The van der Waals surface area contributed by atoms with Gasteiger partial charge < -0.3 is 0 Å². The minimum Gasteiger partial charge on any atom is -0.274 e. The van der Waals surface area contributed by atoms with Gasteiger partial charge in [0.1, 0.15) is 0 Å². The Kier molecular flexibility index (Phi) is 2.10. The highest BCUT2D eigenvalue weighted by molar-refractivity contribution is 7.12. The molecule has 5 heteroatoms. The number of nitrogens with zero attached hydrogens (tertiary/aromatic N) is 1. The summed E-state index contributed by atoms with van der Waals surface area (Å²) in [5.74, 6) is -0.0984. The monoisotopic (exact) mass is 299 g/mol. The zero-order valence-electron chi connectivity index (χ0n) is 11.1. The summed E-state index contributed by atoms with van der Waals surface area (Å²) in [6.45, 7) is 0. The van der Waals surface area contributed by atoms with Gasteiger partial charge in [0.2, 0.25) is 11.8 Å². The van der Waals surface area contributed by atoms with E-state index in [0.29, 0.717) is 16.7 Å². The number of rotatable bonds is 1. The van der Waals surface area contributed by atoms with E-state index in [0.717, 1.165) is 11.3 Å². The summed E-state index contributed by atoms with van der Waals surface area (Å²) in [6.07, 6.45) is 5.36. The first kappa shape index (κ1) is 11.9. The van der Waals surface area contributed by atoms with E-state index in [9.17, 15) is 14.4 Å². The smallest absolute Gasteiger partial charge is 0.274 e. The summed E-state index contributed by atoms with van der Waals surface area (Å²) in [7, 11) is 0. The maximum absolute atomic E-state index is 12.7. The lowest BCUT2D eigenvalue weighted by Gasteiger charge is -2.37. The predicted molar refractivity (Wildman–Crippen MR) is 75.2 cm³/mol. The average Bonchev–Trinajstić information content (AvgIpc) is 3.06. The van der Waals surface area contributed by atoms with Crippen LogP contribution in [-0.2, 0) is 9.59 Å². The number of allylic oxidation sites excluding steroid dienone is 2. The Morgan fingerprint density at radius 3 is 2.24 bits per heavy atom. The van der Waals surface area contributed by atoms with Gasteiger partial charge in [0, 0.05) is 0 Å². The van der Waals surface area contributed by atoms with Gasteiger partial charge in [-0.15, -0.1) is 11.3 Å². The fourth-order valence-electron chi connectivity index (χ4n) is 4.67. The van der Waals surface area contributed by atoms with Crippen LogP contribution in [0.4, 0.5) is 0 Å². The number of hydrogen-bond donors (Lipinski definition) is 0. The molecule has 4 nitrogen and oxygen atoms in total. The number of thiophene rings is 1. The lowest BCUT2D eigenvalue weighted by Crippen LogP contribution is -2.40. The van der Waals surface area contributed by atoms with Gasteiger partial charge in [0.25, 0.3) is 5.91 Å². The summed E-state index contributed by atoms with van der Waals surface area (Å²) in [6, 6.07) is 3.43. The average molecular weight is 299 g/mol. The molecule has 106 valence electrons. The van der Waals surface area contributed by atoms with Crippen LogP contribution in [0.5, 0.6) is 0 Å². The molecule has 1 aromatic rings. The van der Waals surface area contributed by atoms with Crippen LogP contribution in [0.25, 0.3) is 0 Å². The summed E-state index contributed by atoms with van der Waals surface area (Å²) in [4.78, 5) is 39.3. The number of carbonyl (C=O) groups is 3. The summed E-state index contributed by atoms with van der Waals surface area (Å²) < 4.78 is 0. The molecular formula is C16H13NO3S. The molecule has 1 aromatic heterocycles. The van der Waals surface area contributed by atoms with E-state index in [1.54, 1.807) is 17.5 Å². The normalized spacial score (nSPS) is 42.2. The Morgan fingerprint density at radius 2 is 1.71 bits per heavy atom. The van der Waals surface area contributed by atoms with Crippen molar-refractivity contribution in [1.82, 2.24) is 4.90 Å². The number of imide groups is 3. The van der Waals surface area contributed by atoms with E-state index in [4.69, 9.17) is 0 Å². The third-order valence-electron chi connectivity index (χ3n) is 5.60. The Hall–Kier alpha value is -1.75. The van der Waals surface area contributed by atoms with Crippen LogP contribution >= 0.6 is 11.3 Å². The van der Waals surface area contributed by atoms with Crippen molar-refractivity contribution in [2.75, 3.05) is 0 Å². The second kappa shape index (κ2) is 3.71. The van der Waals surface area contributed by atoms with Crippen molar-refractivity contribution in [2.24, 2.45) is 35.5 Å². The molecule has 0 spiro atoms. The second-order valence-electron chi connectivity index (χ2n) is 6.45. The third-order valence-corrected chi connectivity index (χ3v) is 6.46. The van der Waals surface area contributed by atoms with Crippen molar-refractivity contribution in [3.05, 3.63) is 34.5 Å². The highest BCUT2D eigenvalue weighted by Crippen LogP contribution is 2.65. The summed E-state index contributed by atoms with van der Waals surface area (Å²) in [5, 5.41) is 1.78. The Balaban J connectivity index is 1.56. The van der Waals surface area contributed by atoms with Crippen molar-refractivity contribution < 1.29 is 14.4 Å². The first-order valence-electron chi connectivity index (χ1n) is 7.32. The van der Waals surface area contributed by atoms with E-state index in [1.165, 1.54) is 11.3 Å². The maximum Gasteiger partial charge on any atom is 0.277 e. The van der Waals surface area contributed by atoms with Gasteiger partial charge in [-0.05, 0) is 41.5 Å². The van der Waals surface area contributed by atoms with Gasteiger partial charge in [0.15, 0.2) is 0 Å². The molecule has 0 radical (unpaired) electrons. The molecule has 0 N–H and O–H groups in total. The minimum atomic E-state index is -0.442. The molecule has 3 fully saturated rings. The zero-order valence-corrected chi connectivity index (χ0v) is 12.0. The lowest BCUT2D eigenvalue weighted by atomic mass is 9.63. The van der Waals surface area contributed by atoms with Crippen molar-refractivity contribution in [3.63, 3.8) is 0 Å². The van der Waals surface area contributed by atoms with Crippen LogP contribution in [0.15, 0.2) is 29.7 Å². The lowest BCUT2D eigenvalue weighted by molar-refractivity contribution is -0.136. The van der Waals surface area contributed by atoms with Crippen LogP contribution in [-0.4, -0.2) is 22.6 Å². The molecule has 0 aromatic carbocycles. The Labute approximate surface area is 125 Å². The maximum atomic E-state index is 12.7. The molecule has 4 aliphatic carbocycles. The van der Waals surface area contributed by atoms with E-state index in [1.807, 2.05) is 0 Å². The van der Waals surface area contributed by atoms with Gasteiger partial charge in [-0.3, -0.25) is 14.4 Å².